The van der Waals surface area contributed by atoms with Crippen LogP contribution in [0, 0.1) is 6.92 Å². The number of benzene rings is 7. The molecule has 0 radical (unpaired) electrons. The van der Waals surface area contributed by atoms with Crippen molar-refractivity contribution in [3.63, 3.8) is 0 Å². The Kier molecular flexibility index (Phi) is 11.9. The van der Waals surface area contributed by atoms with E-state index in [2.05, 4.69) is 0 Å². The Morgan fingerprint density at radius 3 is 0.828 bits per heavy atom. The summed E-state index contributed by atoms with van der Waals surface area (Å²) in [4.78, 5) is 39.3. The lowest BCUT2D eigenvalue weighted by atomic mass is 10.0. The molecule has 0 aromatic heterocycles. The number of rotatable bonds is 16. The first-order valence-corrected chi connectivity index (χ1v) is 21.6. The van der Waals surface area contributed by atoms with Crippen molar-refractivity contribution in [3.8, 4) is 23.0 Å². The highest BCUT2D eigenvalue weighted by Crippen LogP contribution is 2.63. The first-order chi connectivity index (χ1) is 28.0. The van der Waals surface area contributed by atoms with Gasteiger partial charge >= 0.3 is 15.2 Å². The van der Waals surface area contributed by atoms with Gasteiger partial charge in [-0.15, -0.1) is 0 Å². The van der Waals surface area contributed by atoms with Crippen LogP contribution >= 0.6 is 15.2 Å². The summed E-state index contributed by atoms with van der Waals surface area (Å²) < 4.78 is 54.2. The molecule has 288 valence electrons. The van der Waals surface area contributed by atoms with Gasteiger partial charge < -0.3 is 18.1 Å². The van der Waals surface area contributed by atoms with Crippen LogP contribution in [0.2, 0.25) is 0 Å². The fraction of sp³-hybridized carbons (Fsp3) is 0.0426. The van der Waals surface area contributed by atoms with Crippen LogP contribution in [-0.4, -0.2) is 23.3 Å². The normalized spacial score (nSPS) is 12.1. The van der Waals surface area contributed by atoms with Gasteiger partial charge in [-0.25, -0.2) is 9.13 Å². The average molecular weight is 807 g/mol. The van der Waals surface area contributed by atoms with E-state index in [1.165, 1.54) is 72.8 Å². The fourth-order valence-electron chi connectivity index (χ4n) is 5.88. The third-order valence-electron chi connectivity index (χ3n) is 8.80. The van der Waals surface area contributed by atoms with Gasteiger partial charge in [0.05, 0.1) is 0 Å². The van der Waals surface area contributed by atoms with Crippen LogP contribution in [0.4, 0.5) is 0 Å². The van der Waals surface area contributed by atoms with E-state index in [0.717, 1.165) is 5.56 Å². The Bertz CT molecular complexity index is 2510. The molecule has 9 nitrogen and oxygen atoms in total. The van der Waals surface area contributed by atoms with E-state index in [4.69, 9.17) is 18.1 Å². The predicted octanol–water partition coefficient (Wildman–Crippen LogP) is 11.6. The molecule has 1 unspecified atom stereocenters. The van der Waals surface area contributed by atoms with Crippen molar-refractivity contribution in [2.45, 2.75) is 6.92 Å². The van der Waals surface area contributed by atoms with E-state index in [9.17, 15) is 18.9 Å². The number of carbonyl (C=O) groups excluding carboxylic acids is 3. The fourth-order valence-corrected chi connectivity index (χ4v) is 10.3. The van der Waals surface area contributed by atoms with Gasteiger partial charge in [0, 0.05) is 33.4 Å². The molecule has 0 heterocycles. The highest BCUT2D eigenvalue weighted by molar-refractivity contribution is 7.72. The monoisotopic (exact) mass is 806 g/mol. The van der Waals surface area contributed by atoms with Gasteiger partial charge in [-0.3, -0.25) is 14.4 Å². The quantitative estimate of drug-likeness (QED) is 0.0693. The Hall–Kier alpha value is -6.79. The molecule has 1 atom stereocenters. The number of hydrogen-bond donors (Lipinski definition) is 0. The van der Waals surface area contributed by atoms with E-state index in [-0.39, 0.29) is 40.3 Å². The number of aryl methyl sites for hydroxylation is 1. The minimum Gasteiger partial charge on any atom is -0.416 e. The second-order valence-electron chi connectivity index (χ2n) is 13.2. The Morgan fingerprint density at radius 2 is 0.569 bits per heavy atom. The van der Waals surface area contributed by atoms with Crippen molar-refractivity contribution in [2.24, 2.45) is 0 Å². The van der Waals surface area contributed by atoms with Gasteiger partial charge in [-0.05, 0) is 91.9 Å². The van der Waals surface area contributed by atoms with Crippen LogP contribution in [0.15, 0.2) is 188 Å². The standard InChI is InChI=1S/C47H36O9P2/c1-34-17-25-41(26-18-34)53-57(51,54-42-27-19-38(20-28-42)45(48)35-11-5-2-6-12-35)33-58(52,55-43-29-21-39(22-30-43)46(49)36-13-7-3-8-14-36)56-44-31-23-40(24-32-44)47(50)37-15-9-4-10-16-37/h2-32H,33H2,1H3. The molecule has 0 N–H and O–H groups in total. The molecule has 0 bridgehead atoms. The van der Waals surface area contributed by atoms with Crippen LogP contribution < -0.4 is 18.1 Å². The van der Waals surface area contributed by atoms with E-state index >= 15 is 4.57 Å². The molecule has 0 aliphatic rings. The molecule has 7 aromatic rings. The van der Waals surface area contributed by atoms with Crippen molar-refractivity contribution in [3.05, 3.63) is 227 Å². The van der Waals surface area contributed by atoms with Crippen molar-refractivity contribution >= 4 is 32.5 Å². The van der Waals surface area contributed by atoms with Gasteiger partial charge in [-0.1, -0.05) is 109 Å². The van der Waals surface area contributed by atoms with E-state index in [1.54, 1.807) is 97.1 Å². The summed E-state index contributed by atoms with van der Waals surface area (Å²) in [6.07, 6.45) is 0. The van der Waals surface area contributed by atoms with Gasteiger partial charge in [-0.2, -0.15) is 0 Å². The summed E-state index contributed by atoms with van der Waals surface area (Å²) in [6.45, 7) is 1.88. The van der Waals surface area contributed by atoms with E-state index in [1.807, 2.05) is 25.1 Å². The zero-order valence-corrected chi connectivity index (χ0v) is 33.0. The molecule has 0 aliphatic heterocycles. The van der Waals surface area contributed by atoms with Gasteiger partial charge in [0.2, 0.25) is 0 Å². The maximum atomic E-state index is 15.0. The molecule has 58 heavy (non-hydrogen) atoms. The first-order valence-electron chi connectivity index (χ1n) is 18.2. The minimum absolute atomic E-state index is 0.0504. The minimum atomic E-state index is -4.56. The van der Waals surface area contributed by atoms with Crippen LogP contribution in [0.5, 0.6) is 23.0 Å². The molecule has 0 saturated heterocycles. The predicted molar refractivity (Wildman–Crippen MR) is 223 cm³/mol. The van der Waals surface area contributed by atoms with Crippen molar-refractivity contribution in [2.75, 3.05) is 5.90 Å². The molecule has 0 amide bonds. The molecule has 11 heteroatoms. The van der Waals surface area contributed by atoms with Gasteiger partial charge in [0.15, 0.2) is 23.3 Å². The van der Waals surface area contributed by atoms with Crippen molar-refractivity contribution in [1.29, 1.82) is 0 Å². The lowest BCUT2D eigenvalue weighted by molar-refractivity contribution is 0.103. The lowest BCUT2D eigenvalue weighted by Gasteiger charge is -2.25. The van der Waals surface area contributed by atoms with Crippen LogP contribution in [0.1, 0.15) is 53.3 Å². The van der Waals surface area contributed by atoms with Crippen LogP contribution in [0.25, 0.3) is 0 Å². The second-order valence-corrected chi connectivity index (χ2v) is 17.5. The summed E-state index contributed by atoms with van der Waals surface area (Å²) in [6, 6.07) is 50.9. The molecular weight excluding hydrogens is 770 g/mol. The topological polar surface area (TPSA) is 122 Å². The van der Waals surface area contributed by atoms with Crippen LogP contribution in [-0.2, 0) is 9.13 Å². The Morgan fingerprint density at radius 1 is 0.345 bits per heavy atom. The highest BCUT2D eigenvalue weighted by Gasteiger charge is 2.44. The summed E-state index contributed by atoms with van der Waals surface area (Å²) in [5.74, 6) is -1.21. The summed E-state index contributed by atoms with van der Waals surface area (Å²) >= 11 is 0. The van der Waals surface area contributed by atoms with Crippen LogP contribution in [0.3, 0.4) is 0 Å². The maximum absolute atomic E-state index is 15.0. The molecule has 7 rings (SSSR count). The van der Waals surface area contributed by atoms with E-state index < -0.39 is 21.1 Å². The number of hydrogen-bond acceptors (Lipinski definition) is 9. The SMILES string of the molecule is Cc1ccc(OP(=O)(CP(=O)(Oc2ccc(C(=O)c3ccccc3)cc2)Oc2ccc(C(=O)c3ccccc3)cc2)Oc2ccc(C(=O)c3ccccc3)cc2)cc1. The second kappa shape index (κ2) is 17.6. The largest absolute Gasteiger partial charge is 0.445 e. The smallest absolute Gasteiger partial charge is 0.416 e. The molecule has 0 fully saturated rings. The number of ketones is 3. The van der Waals surface area contributed by atoms with Crippen molar-refractivity contribution < 1.29 is 41.6 Å². The van der Waals surface area contributed by atoms with Gasteiger partial charge in [0.25, 0.3) is 0 Å². The Balaban J connectivity index is 1.21. The summed E-state index contributed by atoms with van der Waals surface area (Å²) in [5, 5.41) is 0. The van der Waals surface area contributed by atoms with Crippen molar-refractivity contribution in [1.82, 2.24) is 0 Å². The zero-order chi connectivity index (χ0) is 40.5. The van der Waals surface area contributed by atoms with Gasteiger partial charge in [0.1, 0.15) is 23.0 Å². The first kappa shape index (κ1) is 39.4. The Labute approximate surface area is 335 Å². The highest BCUT2D eigenvalue weighted by atomic mass is 31.2. The molecule has 7 aromatic carbocycles. The lowest BCUT2D eigenvalue weighted by Crippen LogP contribution is -2.12. The summed E-state index contributed by atoms with van der Waals surface area (Å²) in [5.41, 5.74) is 3.48. The maximum Gasteiger partial charge on any atom is 0.445 e. The molecule has 0 aliphatic carbocycles. The third kappa shape index (κ3) is 9.95. The molecule has 0 spiro atoms. The van der Waals surface area contributed by atoms with E-state index in [0.29, 0.717) is 33.4 Å². The third-order valence-corrected chi connectivity index (χ3v) is 13.5. The molecule has 0 saturated carbocycles. The number of carbonyl (C=O) groups is 3. The summed E-state index contributed by atoms with van der Waals surface area (Å²) in [7, 11) is -9.07. The molecular formula is C47H36O9P2. The zero-order valence-electron chi connectivity index (χ0n) is 31.2. The average Bonchev–Trinajstić information content (AvgIpc) is 3.25.